The molecule has 0 bridgehead atoms. The average molecular weight is 170 g/mol. The predicted molar refractivity (Wildman–Crippen MR) is 51.7 cm³/mol. The van der Waals surface area contributed by atoms with E-state index in [1.165, 1.54) is 6.04 Å². The Kier molecular flexibility index (Phi) is 2.90. The number of hydrogen-bond acceptors (Lipinski definition) is 1. The van der Waals surface area contributed by atoms with Crippen molar-refractivity contribution >= 4 is 8.07 Å². The summed E-state index contributed by atoms with van der Waals surface area (Å²) >= 11 is 0. The van der Waals surface area contributed by atoms with E-state index in [2.05, 4.69) is 31.8 Å². The molecule has 0 radical (unpaired) electrons. The second-order valence-corrected chi connectivity index (χ2v) is 9.96. The summed E-state index contributed by atoms with van der Waals surface area (Å²) in [6.45, 7) is 8.16. The zero-order chi connectivity index (χ0) is 8.32. The first-order valence-corrected chi connectivity index (χ1v) is 8.05. The maximum atomic E-state index is 5.10. The molecule has 64 valence electrons. The third kappa shape index (κ3) is 5.22. The van der Waals surface area contributed by atoms with Crippen LogP contribution in [0.2, 0.25) is 25.7 Å². The molecule has 0 aliphatic carbocycles. The van der Waals surface area contributed by atoms with Crippen molar-refractivity contribution in [2.45, 2.75) is 38.2 Å². The molecule has 1 rings (SSSR count). The largest absolute Gasteiger partial charge is 0.373 e. The van der Waals surface area contributed by atoms with Crippen LogP contribution in [0.5, 0.6) is 0 Å². The zero-order valence-electron chi connectivity index (χ0n) is 7.76. The normalized spacial score (nSPS) is 24.5. The van der Waals surface area contributed by atoms with Gasteiger partial charge in [-0.05, 0) is 12.5 Å². The van der Waals surface area contributed by atoms with Crippen LogP contribution in [0.3, 0.4) is 0 Å². The minimum atomic E-state index is -0.836. The SMILES string of the molecule is C[Si](C)(C)C/C=C\CC1CO1. The van der Waals surface area contributed by atoms with Crippen LogP contribution in [0.1, 0.15) is 6.42 Å². The van der Waals surface area contributed by atoms with Crippen molar-refractivity contribution in [2.75, 3.05) is 6.61 Å². The lowest BCUT2D eigenvalue weighted by atomic mass is 10.3. The monoisotopic (exact) mass is 170 g/mol. The van der Waals surface area contributed by atoms with Gasteiger partial charge in [-0.25, -0.2) is 0 Å². The van der Waals surface area contributed by atoms with Crippen molar-refractivity contribution in [3.63, 3.8) is 0 Å². The lowest BCUT2D eigenvalue weighted by molar-refractivity contribution is 0.410. The second kappa shape index (κ2) is 3.54. The van der Waals surface area contributed by atoms with Crippen LogP contribution in [0.4, 0.5) is 0 Å². The van der Waals surface area contributed by atoms with Crippen molar-refractivity contribution in [3.05, 3.63) is 12.2 Å². The minimum Gasteiger partial charge on any atom is -0.373 e. The van der Waals surface area contributed by atoms with E-state index in [9.17, 15) is 0 Å². The molecule has 1 unspecified atom stereocenters. The fraction of sp³-hybridized carbons (Fsp3) is 0.778. The molecule has 0 N–H and O–H groups in total. The Morgan fingerprint density at radius 1 is 1.36 bits per heavy atom. The van der Waals surface area contributed by atoms with Gasteiger partial charge in [0.2, 0.25) is 0 Å². The zero-order valence-corrected chi connectivity index (χ0v) is 8.76. The highest BCUT2D eigenvalue weighted by molar-refractivity contribution is 6.76. The number of epoxide rings is 1. The summed E-state index contributed by atoms with van der Waals surface area (Å²) in [6, 6.07) is 1.31. The predicted octanol–water partition coefficient (Wildman–Crippen LogP) is 2.67. The lowest BCUT2D eigenvalue weighted by Crippen LogP contribution is -2.17. The van der Waals surface area contributed by atoms with Crippen LogP contribution in [-0.2, 0) is 4.74 Å². The van der Waals surface area contributed by atoms with Crippen molar-refractivity contribution in [3.8, 4) is 0 Å². The summed E-state index contributed by atoms with van der Waals surface area (Å²) in [4.78, 5) is 0. The third-order valence-corrected chi connectivity index (χ3v) is 3.16. The molecule has 1 aliphatic rings. The van der Waals surface area contributed by atoms with Crippen LogP contribution in [0.25, 0.3) is 0 Å². The molecule has 1 nitrogen and oxygen atoms in total. The summed E-state index contributed by atoms with van der Waals surface area (Å²) in [5.74, 6) is 0. The molecule has 0 saturated carbocycles. The van der Waals surface area contributed by atoms with E-state index in [1.807, 2.05) is 0 Å². The van der Waals surface area contributed by atoms with Gasteiger partial charge in [0.15, 0.2) is 0 Å². The van der Waals surface area contributed by atoms with Gasteiger partial charge in [-0.1, -0.05) is 31.8 Å². The standard InChI is InChI=1S/C9H18OSi/c1-11(2,3)7-5-4-6-9-8-10-9/h4-5,9H,6-8H2,1-3H3/b5-4-. The quantitative estimate of drug-likeness (QED) is 0.359. The van der Waals surface area contributed by atoms with E-state index in [1.54, 1.807) is 0 Å². The third-order valence-electron chi connectivity index (χ3n) is 1.70. The van der Waals surface area contributed by atoms with E-state index in [0.717, 1.165) is 13.0 Å². The Balaban J connectivity index is 2.04. The smallest absolute Gasteiger partial charge is 0.0844 e. The first kappa shape index (κ1) is 9.01. The fourth-order valence-electron chi connectivity index (χ4n) is 0.889. The van der Waals surface area contributed by atoms with E-state index in [-0.39, 0.29) is 0 Å². The van der Waals surface area contributed by atoms with Gasteiger partial charge in [-0.3, -0.25) is 0 Å². The molecule has 1 aliphatic heterocycles. The summed E-state index contributed by atoms with van der Waals surface area (Å²) < 4.78 is 5.10. The minimum absolute atomic E-state index is 0.563. The molecular formula is C9H18OSi. The molecule has 0 aromatic heterocycles. The van der Waals surface area contributed by atoms with Gasteiger partial charge < -0.3 is 4.74 Å². The molecule has 1 atom stereocenters. The number of rotatable bonds is 4. The molecule has 1 fully saturated rings. The van der Waals surface area contributed by atoms with Crippen molar-refractivity contribution in [1.82, 2.24) is 0 Å². The van der Waals surface area contributed by atoms with Crippen LogP contribution in [-0.4, -0.2) is 20.8 Å². The van der Waals surface area contributed by atoms with Crippen LogP contribution >= 0.6 is 0 Å². The molecule has 0 aromatic rings. The Labute approximate surface area is 70.5 Å². The van der Waals surface area contributed by atoms with E-state index < -0.39 is 8.07 Å². The van der Waals surface area contributed by atoms with Gasteiger partial charge in [0, 0.05) is 8.07 Å². The molecular weight excluding hydrogens is 152 g/mol. The van der Waals surface area contributed by atoms with Crippen LogP contribution in [0.15, 0.2) is 12.2 Å². The lowest BCUT2D eigenvalue weighted by Gasteiger charge is -2.11. The first-order valence-electron chi connectivity index (χ1n) is 4.34. The fourth-order valence-corrected chi connectivity index (χ4v) is 1.76. The van der Waals surface area contributed by atoms with Gasteiger partial charge in [-0.2, -0.15) is 0 Å². The topological polar surface area (TPSA) is 12.5 Å². The Morgan fingerprint density at radius 2 is 2.00 bits per heavy atom. The van der Waals surface area contributed by atoms with E-state index >= 15 is 0 Å². The van der Waals surface area contributed by atoms with Crippen LogP contribution in [0, 0.1) is 0 Å². The van der Waals surface area contributed by atoms with Gasteiger partial charge in [0.05, 0.1) is 12.7 Å². The molecule has 0 spiro atoms. The van der Waals surface area contributed by atoms with Crippen molar-refractivity contribution < 1.29 is 4.74 Å². The summed E-state index contributed by atoms with van der Waals surface area (Å²) in [5.41, 5.74) is 0. The summed E-state index contributed by atoms with van der Waals surface area (Å²) in [5, 5.41) is 0. The average Bonchev–Trinajstić information content (AvgIpc) is 2.60. The number of hydrogen-bond donors (Lipinski definition) is 0. The van der Waals surface area contributed by atoms with Gasteiger partial charge >= 0.3 is 0 Å². The van der Waals surface area contributed by atoms with Gasteiger partial charge in [0.1, 0.15) is 0 Å². The van der Waals surface area contributed by atoms with E-state index in [4.69, 9.17) is 4.74 Å². The molecule has 1 saturated heterocycles. The first-order chi connectivity index (χ1) is 5.08. The number of allylic oxidation sites excluding steroid dienone is 1. The van der Waals surface area contributed by atoms with Crippen molar-refractivity contribution in [2.24, 2.45) is 0 Å². The van der Waals surface area contributed by atoms with Gasteiger partial charge in [0.25, 0.3) is 0 Å². The highest BCUT2D eigenvalue weighted by atomic mass is 28.3. The Bertz CT molecular complexity index is 142. The molecule has 0 amide bonds. The molecule has 11 heavy (non-hydrogen) atoms. The summed E-state index contributed by atoms with van der Waals surface area (Å²) in [7, 11) is -0.836. The van der Waals surface area contributed by atoms with Crippen molar-refractivity contribution in [1.29, 1.82) is 0 Å². The molecule has 2 heteroatoms. The maximum Gasteiger partial charge on any atom is 0.0844 e. The second-order valence-electron chi connectivity index (χ2n) is 4.43. The number of ether oxygens (including phenoxy) is 1. The van der Waals surface area contributed by atoms with Crippen LogP contribution < -0.4 is 0 Å². The maximum absolute atomic E-state index is 5.10. The Morgan fingerprint density at radius 3 is 2.45 bits per heavy atom. The highest BCUT2D eigenvalue weighted by Crippen LogP contribution is 2.15. The van der Waals surface area contributed by atoms with Gasteiger partial charge in [-0.15, -0.1) is 0 Å². The molecule has 0 aromatic carbocycles. The molecule has 1 heterocycles. The van der Waals surface area contributed by atoms with E-state index in [0.29, 0.717) is 6.10 Å². The Hall–Kier alpha value is -0.0831. The summed E-state index contributed by atoms with van der Waals surface area (Å²) in [6.07, 6.45) is 6.29. The highest BCUT2D eigenvalue weighted by Gasteiger charge is 2.20.